The molecule has 1 atom stereocenters. The van der Waals surface area contributed by atoms with Crippen molar-refractivity contribution in [2.24, 2.45) is 5.73 Å². The van der Waals surface area contributed by atoms with Crippen LogP contribution in [0.25, 0.3) is 5.52 Å². The van der Waals surface area contributed by atoms with Gasteiger partial charge in [-0.1, -0.05) is 17.7 Å². The number of nitrogens with zero attached hydrogens (tertiary/aromatic N) is 2. The Kier molecular flexibility index (Phi) is 2.44. The normalized spacial score (nSPS) is 13.4. The Labute approximate surface area is 87.5 Å². The van der Waals surface area contributed by atoms with Crippen molar-refractivity contribution >= 4 is 17.1 Å². The predicted octanol–water partition coefficient (Wildman–Crippen LogP) is 1.88. The molecule has 0 saturated carbocycles. The van der Waals surface area contributed by atoms with E-state index < -0.39 is 0 Å². The molecule has 0 fully saturated rings. The van der Waals surface area contributed by atoms with Crippen LogP contribution in [0.2, 0.25) is 5.15 Å². The molecule has 2 aromatic rings. The SMILES string of the molecule is CC(N)Cc1cccc2c(Cl)ncn12. The lowest BCUT2D eigenvalue weighted by Gasteiger charge is -2.07. The smallest absolute Gasteiger partial charge is 0.154 e. The van der Waals surface area contributed by atoms with Crippen molar-refractivity contribution in [1.82, 2.24) is 9.38 Å². The summed E-state index contributed by atoms with van der Waals surface area (Å²) in [7, 11) is 0. The van der Waals surface area contributed by atoms with Crippen LogP contribution in [-0.4, -0.2) is 15.4 Å². The van der Waals surface area contributed by atoms with Crippen LogP contribution in [0.5, 0.6) is 0 Å². The van der Waals surface area contributed by atoms with Crippen LogP contribution >= 0.6 is 11.6 Å². The maximum absolute atomic E-state index is 5.92. The number of aromatic nitrogens is 2. The molecule has 0 saturated heterocycles. The Morgan fingerprint density at radius 1 is 1.57 bits per heavy atom. The van der Waals surface area contributed by atoms with E-state index in [9.17, 15) is 0 Å². The molecule has 2 N–H and O–H groups in total. The Bertz CT molecular complexity index is 448. The maximum atomic E-state index is 5.92. The second kappa shape index (κ2) is 3.59. The monoisotopic (exact) mass is 209 g/mol. The summed E-state index contributed by atoms with van der Waals surface area (Å²) >= 11 is 5.92. The number of halogens is 1. The van der Waals surface area contributed by atoms with E-state index in [2.05, 4.69) is 4.98 Å². The van der Waals surface area contributed by atoms with E-state index in [0.717, 1.165) is 17.6 Å². The van der Waals surface area contributed by atoms with E-state index in [4.69, 9.17) is 17.3 Å². The number of imidazole rings is 1. The van der Waals surface area contributed by atoms with Gasteiger partial charge in [0.15, 0.2) is 5.15 Å². The highest BCUT2D eigenvalue weighted by atomic mass is 35.5. The number of hydrogen-bond acceptors (Lipinski definition) is 2. The van der Waals surface area contributed by atoms with E-state index in [-0.39, 0.29) is 6.04 Å². The van der Waals surface area contributed by atoms with Gasteiger partial charge in [-0.05, 0) is 19.1 Å². The lowest BCUT2D eigenvalue weighted by atomic mass is 10.2. The van der Waals surface area contributed by atoms with Gasteiger partial charge in [-0.2, -0.15) is 0 Å². The van der Waals surface area contributed by atoms with Gasteiger partial charge < -0.3 is 10.1 Å². The number of fused-ring (bicyclic) bond motifs is 1. The molecule has 0 amide bonds. The summed E-state index contributed by atoms with van der Waals surface area (Å²) in [5.41, 5.74) is 7.83. The zero-order valence-corrected chi connectivity index (χ0v) is 8.70. The average molecular weight is 210 g/mol. The Hall–Kier alpha value is -1.06. The third kappa shape index (κ3) is 1.61. The first-order valence-electron chi connectivity index (χ1n) is 4.54. The number of nitrogens with two attached hydrogens (primary N) is 1. The Balaban J connectivity index is 2.54. The molecule has 0 aromatic carbocycles. The van der Waals surface area contributed by atoms with E-state index in [1.54, 1.807) is 6.33 Å². The molecule has 74 valence electrons. The fraction of sp³-hybridized carbons (Fsp3) is 0.300. The lowest BCUT2D eigenvalue weighted by Crippen LogP contribution is -2.19. The van der Waals surface area contributed by atoms with Crippen LogP contribution in [-0.2, 0) is 6.42 Å². The molecule has 0 spiro atoms. The Morgan fingerprint density at radius 2 is 2.36 bits per heavy atom. The molecule has 0 radical (unpaired) electrons. The first-order valence-corrected chi connectivity index (χ1v) is 4.92. The van der Waals surface area contributed by atoms with E-state index in [1.165, 1.54) is 0 Å². The van der Waals surface area contributed by atoms with Crippen molar-refractivity contribution in [3.63, 3.8) is 0 Å². The zero-order chi connectivity index (χ0) is 10.1. The molecule has 0 aliphatic heterocycles. The average Bonchev–Trinajstić information content (AvgIpc) is 2.49. The van der Waals surface area contributed by atoms with Crippen LogP contribution in [0, 0.1) is 0 Å². The van der Waals surface area contributed by atoms with E-state index in [1.807, 2.05) is 29.5 Å². The third-order valence-corrected chi connectivity index (χ3v) is 2.43. The standard InChI is InChI=1S/C10H12ClN3/c1-7(12)5-8-3-2-4-9-10(11)13-6-14(8)9/h2-4,6-7H,5,12H2,1H3. The van der Waals surface area contributed by atoms with Gasteiger partial charge in [0.2, 0.25) is 0 Å². The van der Waals surface area contributed by atoms with Crippen LogP contribution in [0.4, 0.5) is 0 Å². The molecule has 2 rings (SSSR count). The molecule has 14 heavy (non-hydrogen) atoms. The van der Waals surface area contributed by atoms with Crippen molar-refractivity contribution in [2.45, 2.75) is 19.4 Å². The summed E-state index contributed by atoms with van der Waals surface area (Å²) in [5, 5.41) is 0.538. The fourth-order valence-electron chi connectivity index (χ4n) is 1.54. The zero-order valence-electron chi connectivity index (χ0n) is 7.94. The highest BCUT2D eigenvalue weighted by Gasteiger charge is 2.06. The summed E-state index contributed by atoms with van der Waals surface area (Å²) in [6.45, 7) is 1.98. The van der Waals surface area contributed by atoms with Crippen LogP contribution < -0.4 is 5.73 Å². The molecule has 2 heterocycles. The molecular formula is C10H12ClN3. The minimum Gasteiger partial charge on any atom is -0.328 e. The minimum absolute atomic E-state index is 0.141. The molecule has 0 aliphatic rings. The summed E-state index contributed by atoms with van der Waals surface area (Å²) in [6, 6.07) is 6.09. The highest BCUT2D eigenvalue weighted by Crippen LogP contribution is 2.17. The molecule has 0 aliphatic carbocycles. The second-order valence-electron chi connectivity index (χ2n) is 3.49. The third-order valence-electron chi connectivity index (χ3n) is 2.14. The number of rotatable bonds is 2. The minimum atomic E-state index is 0.141. The topological polar surface area (TPSA) is 43.3 Å². The summed E-state index contributed by atoms with van der Waals surface area (Å²) < 4.78 is 1.98. The van der Waals surface area contributed by atoms with Gasteiger partial charge in [-0.3, -0.25) is 0 Å². The summed E-state index contributed by atoms with van der Waals surface area (Å²) in [6.07, 6.45) is 2.55. The molecule has 4 heteroatoms. The van der Waals surface area contributed by atoms with Gasteiger partial charge in [0.25, 0.3) is 0 Å². The van der Waals surface area contributed by atoms with Gasteiger partial charge in [0, 0.05) is 18.2 Å². The predicted molar refractivity (Wildman–Crippen MR) is 57.6 cm³/mol. The molecule has 0 bridgehead atoms. The lowest BCUT2D eigenvalue weighted by molar-refractivity contribution is 0.714. The van der Waals surface area contributed by atoms with Gasteiger partial charge in [0.05, 0.1) is 5.52 Å². The largest absolute Gasteiger partial charge is 0.328 e. The maximum Gasteiger partial charge on any atom is 0.154 e. The molecule has 2 aromatic heterocycles. The van der Waals surface area contributed by atoms with Crippen molar-refractivity contribution in [3.8, 4) is 0 Å². The van der Waals surface area contributed by atoms with Gasteiger partial charge in [0.1, 0.15) is 6.33 Å². The molecular weight excluding hydrogens is 198 g/mol. The van der Waals surface area contributed by atoms with Gasteiger partial charge in [-0.25, -0.2) is 4.98 Å². The first-order chi connectivity index (χ1) is 6.68. The summed E-state index contributed by atoms with van der Waals surface area (Å²) in [4.78, 5) is 4.05. The summed E-state index contributed by atoms with van der Waals surface area (Å²) in [5.74, 6) is 0. The fourth-order valence-corrected chi connectivity index (χ4v) is 1.74. The first kappa shape index (κ1) is 9.49. The molecule has 3 nitrogen and oxygen atoms in total. The van der Waals surface area contributed by atoms with Crippen LogP contribution in [0.3, 0.4) is 0 Å². The van der Waals surface area contributed by atoms with Crippen LogP contribution in [0.1, 0.15) is 12.6 Å². The van der Waals surface area contributed by atoms with Gasteiger partial charge in [-0.15, -0.1) is 0 Å². The quantitative estimate of drug-likeness (QED) is 0.821. The second-order valence-corrected chi connectivity index (χ2v) is 3.85. The van der Waals surface area contributed by atoms with Gasteiger partial charge >= 0.3 is 0 Å². The Morgan fingerprint density at radius 3 is 3.07 bits per heavy atom. The van der Waals surface area contributed by atoms with Crippen molar-refractivity contribution in [1.29, 1.82) is 0 Å². The molecule has 1 unspecified atom stereocenters. The van der Waals surface area contributed by atoms with Crippen LogP contribution in [0.15, 0.2) is 24.5 Å². The number of pyridine rings is 1. The van der Waals surface area contributed by atoms with Crippen molar-refractivity contribution in [2.75, 3.05) is 0 Å². The van der Waals surface area contributed by atoms with Crippen molar-refractivity contribution in [3.05, 3.63) is 35.4 Å². The van der Waals surface area contributed by atoms with E-state index >= 15 is 0 Å². The van der Waals surface area contributed by atoms with Crippen molar-refractivity contribution < 1.29 is 0 Å². The number of hydrogen-bond donors (Lipinski definition) is 1. The van der Waals surface area contributed by atoms with E-state index in [0.29, 0.717) is 5.15 Å². The highest BCUT2D eigenvalue weighted by molar-refractivity contribution is 6.32.